The molecular weight excluding hydrogens is 316 g/mol. The van der Waals surface area contributed by atoms with Gasteiger partial charge in [0.15, 0.2) is 0 Å². The van der Waals surface area contributed by atoms with Crippen LogP contribution in [0.1, 0.15) is 56.5 Å². The second-order valence-corrected chi connectivity index (χ2v) is 6.62. The van der Waals surface area contributed by atoms with Crippen LogP contribution >= 0.6 is 0 Å². The van der Waals surface area contributed by atoms with Crippen molar-refractivity contribution in [1.82, 2.24) is 20.4 Å². The first-order chi connectivity index (χ1) is 12.2. The molecule has 2 aromatic rings. The Bertz CT molecular complexity index is 713. The Hall–Kier alpha value is -2.37. The summed E-state index contributed by atoms with van der Waals surface area (Å²) in [6, 6.07) is 7.85. The monoisotopic (exact) mass is 342 g/mol. The Labute approximate surface area is 148 Å². The van der Waals surface area contributed by atoms with Crippen molar-refractivity contribution < 1.29 is 9.32 Å². The molecule has 1 saturated heterocycles. The number of aryl methyl sites for hydroxylation is 1. The molecule has 0 saturated carbocycles. The number of amides is 2. The van der Waals surface area contributed by atoms with Gasteiger partial charge in [-0.25, -0.2) is 4.79 Å². The van der Waals surface area contributed by atoms with E-state index in [4.69, 9.17) is 4.52 Å². The average Bonchev–Trinajstić information content (AvgIpc) is 3.12. The quantitative estimate of drug-likeness (QED) is 0.831. The largest absolute Gasteiger partial charge is 0.338 e. The van der Waals surface area contributed by atoms with Gasteiger partial charge in [0.05, 0.1) is 0 Å². The lowest BCUT2D eigenvalue weighted by molar-refractivity contribution is 0.132. The Morgan fingerprint density at radius 1 is 1.40 bits per heavy atom. The number of carbonyl (C=O) groups excluding carboxylic acids is 1. The van der Waals surface area contributed by atoms with Gasteiger partial charge in [-0.1, -0.05) is 42.3 Å². The van der Waals surface area contributed by atoms with E-state index in [0.29, 0.717) is 18.3 Å². The molecule has 1 unspecified atom stereocenters. The zero-order valence-electron chi connectivity index (χ0n) is 15.0. The number of likely N-dealkylation sites (tertiary alicyclic amines) is 1. The number of benzene rings is 1. The van der Waals surface area contributed by atoms with Crippen molar-refractivity contribution in [1.29, 1.82) is 0 Å². The lowest BCUT2D eigenvalue weighted by Crippen LogP contribution is -2.45. The fourth-order valence-electron chi connectivity index (χ4n) is 3.18. The van der Waals surface area contributed by atoms with Crippen LogP contribution in [0.3, 0.4) is 0 Å². The van der Waals surface area contributed by atoms with Gasteiger partial charge in [0.2, 0.25) is 11.7 Å². The van der Waals surface area contributed by atoms with Gasteiger partial charge in [-0.3, -0.25) is 0 Å². The number of rotatable bonds is 5. The summed E-state index contributed by atoms with van der Waals surface area (Å²) >= 11 is 0. The van der Waals surface area contributed by atoms with Crippen LogP contribution in [0.2, 0.25) is 0 Å². The molecule has 0 spiro atoms. The molecule has 0 aliphatic carbocycles. The van der Waals surface area contributed by atoms with Crippen LogP contribution in [-0.2, 0) is 0 Å². The maximum Gasteiger partial charge on any atom is 0.318 e. The van der Waals surface area contributed by atoms with Gasteiger partial charge in [-0.15, -0.1) is 0 Å². The second-order valence-electron chi connectivity index (χ2n) is 6.62. The Balaban J connectivity index is 1.75. The van der Waals surface area contributed by atoms with Crippen LogP contribution in [0, 0.1) is 6.92 Å². The van der Waals surface area contributed by atoms with E-state index in [1.165, 1.54) is 0 Å². The number of hydrogen-bond acceptors (Lipinski definition) is 4. The molecule has 134 valence electrons. The predicted octanol–water partition coefficient (Wildman–Crippen LogP) is 4.08. The molecule has 2 heterocycles. The lowest BCUT2D eigenvalue weighted by Gasteiger charge is -2.33. The van der Waals surface area contributed by atoms with E-state index in [2.05, 4.69) is 22.4 Å². The van der Waals surface area contributed by atoms with Gasteiger partial charge in [-0.05, 0) is 38.7 Å². The summed E-state index contributed by atoms with van der Waals surface area (Å²) < 4.78 is 5.52. The fourth-order valence-corrected chi connectivity index (χ4v) is 3.18. The molecule has 0 radical (unpaired) electrons. The summed E-state index contributed by atoms with van der Waals surface area (Å²) in [7, 11) is 0. The van der Waals surface area contributed by atoms with E-state index in [0.717, 1.165) is 49.8 Å². The van der Waals surface area contributed by atoms with Gasteiger partial charge in [0, 0.05) is 18.7 Å². The standard InChI is InChI=1S/C19H26N4O2/c1-3-4-11-20-19(24)23-12-6-5-10-16(23)18-21-17(22-25-18)15-9-7-8-14(2)13-15/h7-9,13,16H,3-6,10-12H2,1-2H3,(H,20,24). The van der Waals surface area contributed by atoms with Crippen molar-refractivity contribution >= 4 is 6.03 Å². The maximum atomic E-state index is 12.5. The normalized spacial score (nSPS) is 17.5. The topological polar surface area (TPSA) is 71.3 Å². The lowest BCUT2D eigenvalue weighted by atomic mass is 10.0. The highest BCUT2D eigenvalue weighted by atomic mass is 16.5. The fraction of sp³-hybridized carbons (Fsp3) is 0.526. The summed E-state index contributed by atoms with van der Waals surface area (Å²) in [5, 5.41) is 7.12. The first kappa shape index (κ1) is 17.5. The van der Waals surface area contributed by atoms with Gasteiger partial charge in [0.25, 0.3) is 0 Å². The average molecular weight is 342 g/mol. The third-order valence-corrected chi connectivity index (χ3v) is 4.57. The smallest absolute Gasteiger partial charge is 0.318 e. The molecular formula is C19H26N4O2. The third kappa shape index (κ3) is 4.18. The van der Waals surface area contributed by atoms with E-state index in [-0.39, 0.29) is 12.1 Å². The van der Waals surface area contributed by atoms with Crippen molar-refractivity contribution in [2.45, 2.75) is 52.0 Å². The number of nitrogens with one attached hydrogen (secondary N) is 1. The van der Waals surface area contributed by atoms with Crippen molar-refractivity contribution in [3.63, 3.8) is 0 Å². The maximum absolute atomic E-state index is 12.5. The zero-order chi connectivity index (χ0) is 17.6. The minimum absolute atomic E-state index is 0.0338. The number of urea groups is 1. The number of piperidine rings is 1. The molecule has 1 aliphatic heterocycles. The van der Waals surface area contributed by atoms with Crippen LogP contribution in [0.25, 0.3) is 11.4 Å². The Morgan fingerprint density at radius 3 is 3.08 bits per heavy atom. The van der Waals surface area contributed by atoms with Crippen LogP contribution in [0.5, 0.6) is 0 Å². The first-order valence-corrected chi connectivity index (χ1v) is 9.14. The summed E-state index contributed by atoms with van der Waals surface area (Å²) in [6.45, 7) is 5.58. The summed E-state index contributed by atoms with van der Waals surface area (Å²) in [5.74, 6) is 1.11. The van der Waals surface area contributed by atoms with Crippen molar-refractivity contribution in [3.05, 3.63) is 35.7 Å². The number of nitrogens with zero attached hydrogens (tertiary/aromatic N) is 3. The molecule has 0 bridgehead atoms. The summed E-state index contributed by atoms with van der Waals surface area (Å²) in [6.07, 6.45) is 4.98. The molecule has 6 heteroatoms. The summed E-state index contributed by atoms with van der Waals surface area (Å²) in [5.41, 5.74) is 2.09. The molecule has 6 nitrogen and oxygen atoms in total. The van der Waals surface area contributed by atoms with Crippen LogP contribution in [0.4, 0.5) is 4.79 Å². The molecule has 1 aromatic heterocycles. The van der Waals surface area contributed by atoms with Gasteiger partial charge in [-0.2, -0.15) is 4.98 Å². The van der Waals surface area contributed by atoms with Crippen LogP contribution in [0.15, 0.2) is 28.8 Å². The van der Waals surface area contributed by atoms with E-state index in [1.807, 2.05) is 36.1 Å². The van der Waals surface area contributed by atoms with E-state index in [9.17, 15) is 4.79 Å². The SMILES string of the molecule is CCCCNC(=O)N1CCCCC1c1nc(-c2cccc(C)c2)no1. The minimum atomic E-state index is -0.138. The number of unbranched alkanes of at least 4 members (excludes halogenated alkanes) is 1. The van der Waals surface area contributed by atoms with E-state index < -0.39 is 0 Å². The van der Waals surface area contributed by atoms with Crippen molar-refractivity contribution in [2.24, 2.45) is 0 Å². The number of hydrogen-bond donors (Lipinski definition) is 1. The Morgan fingerprint density at radius 2 is 2.28 bits per heavy atom. The highest BCUT2D eigenvalue weighted by Gasteiger charge is 2.32. The molecule has 3 rings (SSSR count). The van der Waals surface area contributed by atoms with Gasteiger partial charge >= 0.3 is 6.03 Å². The predicted molar refractivity (Wildman–Crippen MR) is 96.1 cm³/mol. The minimum Gasteiger partial charge on any atom is -0.338 e. The highest BCUT2D eigenvalue weighted by molar-refractivity contribution is 5.74. The summed E-state index contributed by atoms with van der Waals surface area (Å²) in [4.78, 5) is 18.9. The molecule has 1 aliphatic rings. The first-order valence-electron chi connectivity index (χ1n) is 9.14. The number of aromatic nitrogens is 2. The molecule has 1 N–H and O–H groups in total. The van der Waals surface area contributed by atoms with Crippen LogP contribution < -0.4 is 5.32 Å². The van der Waals surface area contributed by atoms with Crippen molar-refractivity contribution in [2.75, 3.05) is 13.1 Å². The third-order valence-electron chi connectivity index (χ3n) is 4.57. The molecule has 1 fully saturated rings. The number of carbonyl (C=O) groups is 1. The molecule has 2 amide bonds. The second kappa shape index (κ2) is 8.14. The molecule has 25 heavy (non-hydrogen) atoms. The van der Waals surface area contributed by atoms with E-state index >= 15 is 0 Å². The van der Waals surface area contributed by atoms with Crippen molar-refractivity contribution in [3.8, 4) is 11.4 Å². The van der Waals surface area contributed by atoms with E-state index in [1.54, 1.807) is 0 Å². The van der Waals surface area contributed by atoms with Crippen LogP contribution in [-0.4, -0.2) is 34.2 Å². The van der Waals surface area contributed by atoms with Gasteiger partial charge < -0.3 is 14.7 Å². The zero-order valence-corrected chi connectivity index (χ0v) is 15.0. The molecule has 1 aromatic carbocycles. The molecule has 1 atom stereocenters. The highest BCUT2D eigenvalue weighted by Crippen LogP contribution is 2.31. The van der Waals surface area contributed by atoms with Gasteiger partial charge in [0.1, 0.15) is 6.04 Å². The Kier molecular flexibility index (Phi) is 5.68.